The molecule has 0 heterocycles. The number of aldehydes is 1. The lowest BCUT2D eigenvalue weighted by molar-refractivity contribution is -0.109. The third-order valence-electron chi connectivity index (χ3n) is 6.28. The number of carbonyl (C=O) groups is 1. The average molecular weight is 378 g/mol. The van der Waals surface area contributed by atoms with Gasteiger partial charge in [0.1, 0.15) is 6.29 Å². The van der Waals surface area contributed by atoms with Crippen LogP contribution in [0.4, 0.5) is 0 Å². The average Bonchev–Trinajstić information content (AvgIpc) is 2.77. The summed E-state index contributed by atoms with van der Waals surface area (Å²) in [5.74, 6) is 0.696. The van der Waals surface area contributed by atoms with Gasteiger partial charge in [-0.15, -0.1) is 0 Å². The first-order chi connectivity index (χ1) is 13.8. The highest BCUT2D eigenvalue weighted by molar-refractivity contribution is 5.63. The molecular weight excluding hydrogens is 342 g/mol. The van der Waals surface area contributed by atoms with Gasteiger partial charge in [-0.2, -0.15) is 0 Å². The molecular formula is C26H35NO. The number of hydrogen-bond acceptors (Lipinski definition) is 2. The van der Waals surface area contributed by atoms with Gasteiger partial charge in [0, 0.05) is 12.5 Å². The number of rotatable bonds is 10. The van der Waals surface area contributed by atoms with Crippen LogP contribution in [0.1, 0.15) is 73.5 Å². The maximum Gasteiger partial charge on any atom is 0.127 e. The van der Waals surface area contributed by atoms with Crippen molar-refractivity contribution >= 4 is 6.29 Å². The predicted molar refractivity (Wildman–Crippen MR) is 118 cm³/mol. The van der Waals surface area contributed by atoms with Gasteiger partial charge in [0.25, 0.3) is 0 Å². The van der Waals surface area contributed by atoms with E-state index >= 15 is 0 Å². The van der Waals surface area contributed by atoms with Crippen molar-refractivity contribution in [2.45, 2.75) is 63.2 Å². The first-order valence-electron chi connectivity index (χ1n) is 11.0. The lowest BCUT2D eigenvalue weighted by Crippen LogP contribution is -2.23. The van der Waals surface area contributed by atoms with Crippen molar-refractivity contribution in [1.29, 1.82) is 0 Å². The highest BCUT2D eigenvalue weighted by Crippen LogP contribution is 2.37. The molecule has 0 saturated heterocycles. The van der Waals surface area contributed by atoms with E-state index in [1.54, 1.807) is 0 Å². The molecule has 2 heteroatoms. The van der Waals surface area contributed by atoms with Crippen LogP contribution in [0, 0.1) is 0 Å². The molecule has 0 spiro atoms. The first kappa shape index (κ1) is 20.8. The van der Waals surface area contributed by atoms with Gasteiger partial charge < -0.3 is 9.69 Å². The largest absolute Gasteiger partial charge is 0.306 e. The fraction of sp³-hybridized carbons (Fsp3) is 0.500. The van der Waals surface area contributed by atoms with Crippen molar-refractivity contribution in [3.63, 3.8) is 0 Å². The van der Waals surface area contributed by atoms with Gasteiger partial charge in [0.2, 0.25) is 0 Å². The molecule has 1 aliphatic carbocycles. The number of nitrogens with zero attached hydrogens (tertiary/aromatic N) is 1. The van der Waals surface area contributed by atoms with Crippen LogP contribution in [-0.2, 0) is 11.2 Å². The highest BCUT2D eigenvalue weighted by Gasteiger charge is 2.22. The third-order valence-corrected chi connectivity index (χ3v) is 6.28. The normalized spacial score (nSPS) is 16.2. The van der Waals surface area contributed by atoms with E-state index in [-0.39, 0.29) is 5.92 Å². The fourth-order valence-electron chi connectivity index (χ4n) is 4.59. The SMILES string of the molecule is CN(CCCC(C=O)c1ccccc1C1CCCCC1)CCc1ccccc1. The van der Waals surface area contributed by atoms with Crippen molar-refractivity contribution in [1.82, 2.24) is 4.90 Å². The minimum absolute atomic E-state index is 0.0423. The summed E-state index contributed by atoms with van der Waals surface area (Å²) in [4.78, 5) is 14.3. The number of benzene rings is 2. The Labute approximate surface area is 171 Å². The Balaban J connectivity index is 1.51. The summed E-state index contributed by atoms with van der Waals surface area (Å²) in [5.41, 5.74) is 4.12. The van der Waals surface area contributed by atoms with Gasteiger partial charge in [0.15, 0.2) is 0 Å². The molecule has 0 N–H and O–H groups in total. The molecule has 2 aromatic rings. The van der Waals surface area contributed by atoms with E-state index in [4.69, 9.17) is 0 Å². The zero-order valence-electron chi connectivity index (χ0n) is 17.4. The molecule has 150 valence electrons. The molecule has 2 aromatic carbocycles. The third kappa shape index (κ3) is 6.04. The summed E-state index contributed by atoms with van der Waals surface area (Å²) in [6.45, 7) is 2.11. The van der Waals surface area contributed by atoms with Crippen molar-refractivity contribution in [3.8, 4) is 0 Å². The molecule has 0 aromatic heterocycles. The smallest absolute Gasteiger partial charge is 0.127 e. The quantitative estimate of drug-likeness (QED) is 0.475. The van der Waals surface area contributed by atoms with E-state index < -0.39 is 0 Å². The minimum atomic E-state index is 0.0423. The minimum Gasteiger partial charge on any atom is -0.306 e. The highest BCUT2D eigenvalue weighted by atomic mass is 16.1. The van der Waals surface area contributed by atoms with Gasteiger partial charge in [-0.1, -0.05) is 73.9 Å². The summed E-state index contributed by atoms with van der Waals surface area (Å²) >= 11 is 0. The molecule has 1 unspecified atom stereocenters. The molecule has 0 amide bonds. The van der Waals surface area contributed by atoms with Gasteiger partial charge in [-0.05, 0) is 68.3 Å². The van der Waals surface area contributed by atoms with E-state index in [1.807, 2.05) is 0 Å². The summed E-state index contributed by atoms with van der Waals surface area (Å²) in [7, 11) is 2.19. The van der Waals surface area contributed by atoms with Gasteiger partial charge in [-0.25, -0.2) is 0 Å². The maximum absolute atomic E-state index is 11.9. The molecule has 0 aliphatic heterocycles. The summed E-state index contributed by atoms with van der Waals surface area (Å²) in [6.07, 6.45) is 10.9. The maximum atomic E-state index is 11.9. The van der Waals surface area contributed by atoms with Crippen molar-refractivity contribution in [3.05, 3.63) is 71.3 Å². The Kier molecular flexibility index (Phi) is 8.29. The first-order valence-corrected chi connectivity index (χ1v) is 11.0. The van der Waals surface area contributed by atoms with Gasteiger partial charge >= 0.3 is 0 Å². The van der Waals surface area contributed by atoms with E-state index in [0.29, 0.717) is 5.92 Å². The predicted octanol–water partition coefficient (Wildman–Crippen LogP) is 5.97. The molecule has 3 rings (SSSR count). The molecule has 2 nitrogen and oxygen atoms in total. The van der Waals surface area contributed by atoms with Crippen LogP contribution in [0.3, 0.4) is 0 Å². The number of carbonyl (C=O) groups excluding carboxylic acids is 1. The van der Waals surface area contributed by atoms with Crippen molar-refractivity contribution in [2.75, 3.05) is 20.1 Å². The molecule has 28 heavy (non-hydrogen) atoms. The lowest BCUT2D eigenvalue weighted by atomic mass is 9.79. The van der Waals surface area contributed by atoms with Crippen molar-refractivity contribution < 1.29 is 4.79 Å². The summed E-state index contributed by atoms with van der Waals surface area (Å²) in [5, 5.41) is 0. The zero-order chi connectivity index (χ0) is 19.6. The second-order valence-electron chi connectivity index (χ2n) is 8.39. The van der Waals surface area contributed by atoms with E-state index in [1.165, 1.54) is 55.1 Å². The van der Waals surface area contributed by atoms with Crippen LogP contribution in [0.2, 0.25) is 0 Å². The van der Waals surface area contributed by atoms with Crippen LogP contribution in [0.5, 0.6) is 0 Å². The second kappa shape index (κ2) is 11.2. The Morgan fingerprint density at radius 2 is 1.68 bits per heavy atom. The molecule has 1 aliphatic rings. The fourth-order valence-corrected chi connectivity index (χ4v) is 4.59. The number of hydrogen-bond donors (Lipinski definition) is 0. The van der Waals surface area contributed by atoms with E-state index in [9.17, 15) is 4.79 Å². The van der Waals surface area contributed by atoms with Gasteiger partial charge in [0.05, 0.1) is 0 Å². The van der Waals surface area contributed by atoms with Crippen LogP contribution in [0.15, 0.2) is 54.6 Å². The van der Waals surface area contributed by atoms with Gasteiger partial charge in [-0.3, -0.25) is 0 Å². The summed E-state index contributed by atoms with van der Waals surface area (Å²) < 4.78 is 0. The number of likely N-dealkylation sites (N-methyl/N-ethyl adjacent to an activating group) is 1. The van der Waals surface area contributed by atoms with E-state index in [2.05, 4.69) is 66.5 Å². The Hall–Kier alpha value is -1.93. The van der Waals surface area contributed by atoms with Crippen LogP contribution < -0.4 is 0 Å². The Bertz CT molecular complexity index is 705. The zero-order valence-corrected chi connectivity index (χ0v) is 17.4. The van der Waals surface area contributed by atoms with Crippen LogP contribution in [-0.4, -0.2) is 31.3 Å². The molecule has 1 atom stereocenters. The second-order valence-corrected chi connectivity index (χ2v) is 8.39. The van der Waals surface area contributed by atoms with E-state index in [0.717, 1.165) is 32.4 Å². The summed E-state index contributed by atoms with van der Waals surface area (Å²) in [6, 6.07) is 19.4. The molecule has 0 radical (unpaired) electrons. The Morgan fingerprint density at radius 3 is 2.43 bits per heavy atom. The monoisotopic (exact) mass is 377 g/mol. The lowest BCUT2D eigenvalue weighted by Gasteiger charge is -2.26. The van der Waals surface area contributed by atoms with Crippen LogP contribution in [0.25, 0.3) is 0 Å². The van der Waals surface area contributed by atoms with Crippen molar-refractivity contribution in [2.24, 2.45) is 0 Å². The standard InChI is InChI=1S/C26H35NO/c1-27(20-18-22-11-4-2-5-12-22)19-10-15-24(21-28)26-17-9-8-16-25(26)23-13-6-3-7-14-23/h2,4-5,8-9,11-12,16-17,21,23-24H,3,6-7,10,13-15,18-20H2,1H3. The molecule has 1 fully saturated rings. The molecule has 1 saturated carbocycles. The van der Waals surface area contributed by atoms with Crippen LogP contribution >= 0.6 is 0 Å². The molecule has 0 bridgehead atoms. The topological polar surface area (TPSA) is 20.3 Å². The Morgan fingerprint density at radius 1 is 0.964 bits per heavy atom.